The number of carbonyl (C=O) groups excluding carboxylic acids is 1. The van der Waals surface area contributed by atoms with Gasteiger partial charge in [-0.15, -0.1) is 5.10 Å². The number of H-pyrrole nitrogens is 2. The minimum absolute atomic E-state index is 0.0344. The molecule has 2 aliphatic heterocycles. The summed E-state index contributed by atoms with van der Waals surface area (Å²) in [5.41, 5.74) is 2.35. The van der Waals surface area contributed by atoms with Crippen LogP contribution in [-0.2, 0) is 6.42 Å². The molecule has 2 fully saturated rings. The number of likely N-dealkylation sites (N-methyl/N-ethyl adjacent to an activating group) is 1. The molecule has 176 valence electrons. The van der Waals surface area contributed by atoms with Gasteiger partial charge in [-0.05, 0) is 56.7 Å². The highest BCUT2D eigenvalue weighted by molar-refractivity contribution is 5.91. The van der Waals surface area contributed by atoms with Crippen LogP contribution in [0.15, 0.2) is 30.5 Å². The van der Waals surface area contributed by atoms with Gasteiger partial charge in [-0.25, -0.2) is 0 Å². The summed E-state index contributed by atoms with van der Waals surface area (Å²) in [5, 5.41) is 11.7. The number of carbonyl (C=O) groups is 1. The largest absolute Gasteiger partial charge is 0.361 e. The molecule has 3 unspecified atom stereocenters. The van der Waals surface area contributed by atoms with Crippen LogP contribution in [0.5, 0.6) is 0 Å². The molecule has 4 heterocycles. The van der Waals surface area contributed by atoms with Crippen LogP contribution >= 0.6 is 0 Å². The second-order valence-corrected chi connectivity index (χ2v) is 10.1. The minimum Gasteiger partial charge on any atom is -0.361 e. The summed E-state index contributed by atoms with van der Waals surface area (Å²) >= 11 is 0. The minimum atomic E-state index is -0.181. The van der Waals surface area contributed by atoms with E-state index in [0.717, 1.165) is 37.9 Å². The van der Waals surface area contributed by atoms with Gasteiger partial charge in [0.2, 0.25) is 11.8 Å². The lowest BCUT2D eigenvalue weighted by molar-refractivity contribution is 0.0923. The number of nitrogens with one attached hydrogen (secondary N) is 3. The van der Waals surface area contributed by atoms with E-state index in [4.69, 9.17) is 0 Å². The van der Waals surface area contributed by atoms with Crippen LogP contribution in [-0.4, -0.2) is 69.2 Å². The normalized spacial score (nSPS) is 21.8. The summed E-state index contributed by atoms with van der Waals surface area (Å²) in [6.07, 6.45) is 7.27. The first-order valence-corrected chi connectivity index (χ1v) is 12.2. The number of para-hydroxylation sites is 1. The standard InChI is InChI=1S/C25H35N7O/c1-16(2)8-9-18(12-17-13-26-22-7-5-4-6-21(17)22)27-24(33)23-28-25(30-29-23)32-14-19-10-11-20(15-32)31(19)3/h4-7,13,16,18-20,26H,8-12,14-15H2,1-3H3,(H,27,33)(H,28,29,30). The lowest BCUT2D eigenvalue weighted by Gasteiger charge is -2.38. The Balaban J connectivity index is 1.27. The van der Waals surface area contributed by atoms with Gasteiger partial charge in [0.15, 0.2) is 0 Å². The molecule has 0 spiro atoms. The van der Waals surface area contributed by atoms with Crippen LogP contribution in [0.4, 0.5) is 5.95 Å². The number of amides is 1. The maximum Gasteiger partial charge on any atom is 0.288 e. The Morgan fingerprint density at radius 3 is 2.70 bits per heavy atom. The van der Waals surface area contributed by atoms with E-state index >= 15 is 0 Å². The summed E-state index contributed by atoms with van der Waals surface area (Å²) in [6.45, 7) is 6.28. The quantitative estimate of drug-likeness (QED) is 0.490. The molecule has 0 aliphatic carbocycles. The van der Waals surface area contributed by atoms with Gasteiger partial charge in [-0.3, -0.25) is 14.8 Å². The average molecular weight is 450 g/mol. The molecule has 1 aromatic carbocycles. The van der Waals surface area contributed by atoms with Crippen LogP contribution in [0.3, 0.4) is 0 Å². The van der Waals surface area contributed by atoms with Crippen molar-refractivity contribution in [3.8, 4) is 0 Å². The van der Waals surface area contributed by atoms with Gasteiger partial charge < -0.3 is 15.2 Å². The molecule has 2 aliphatic rings. The third-order valence-corrected chi connectivity index (χ3v) is 7.39. The van der Waals surface area contributed by atoms with Crippen molar-refractivity contribution in [3.63, 3.8) is 0 Å². The molecule has 3 N–H and O–H groups in total. The molecule has 8 nitrogen and oxygen atoms in total. The van der Waals surface area contributed by atoms with Crippen molar-refractivity contribution in [2.75, 3.05) is 25.0 Å². The van der Waals surface area contributed by atoms with Gasteiger partial charge in [0.1, 0.15) is 0 Å². The molecule has 33 heavy (non-hydrogen) atoms. The highest BCUT2D eigenvalue weighted by Crippen LogP contribution is 2.30. The summed E-state index contributed by atoms with van der Waals surface area (Å²) in [4.78, 5) is 25.7. The van der Waals surface area contributed by atoms with E-state index < -0.39 is 0 Å². The SMILES string of the molecule is CC(C)CCC(Cc1c[nH]c2ccccc12)NC(=O)c1nc(N2CC3CCC(C2)N3C)n[nH]1. The van der Waals surface area contributed by atoms with Gasteiger partial charge in [-0.2, -0.15) is 4.98 Å². The smallest absolute Gasteiger partial charge is 0.288 e. The zero-order chi connectivity index (χ0) is 22.9. The summed E-state index contributed by atoms with van der Waals surface area (Å²) < 4.78 is 0. The molecule has 0 radical (unpaired) electrons. The lowest BCUT2D eigenvalue weighted by atomic mass is 9.97. The number of fused-ring (bicyclic) bond motifs is 3. The highest BCUT2D eigenvalue weighted by atomic mass is 16.2. The Morgan fingerprint density at radius 1 is 1.18 bits per heavy atom. The zero-order valence-corrected chi connectivity index (χ0v) is 19.8. The van der Waals surface area contributed by atoms with Gasteiger partial charge in [0, 0.05) is 48.3 Å². The van der Waals surface area contributed by atoms with Crippen LogP contribution in [0.1, 0.15) is 55.7 Å². The van der Waals surface area contributed by atoms with Gasteiger partial charge in [-0.1, -0.05) is 32.0 Å². The molecular weight excluding hydrogens is 414 g/mol. The van der Waals surface area contributed by atoms with E-state index in [1.165, 1.54) is 23.8 Å². The highest BCUT2D eigenvalue weighted by Gasteiger charge is 2.38. The van der Waals surface area contributed by atoms with E-state index in [9.17, 15) is 4.79 Å². The van der Waals surface area contributed by atoms with Crippen LogP contribution in [0.25, 0.3) is 10.9 Å². The molecule has 3 atom stereocenters. The number of hydrogen-bond acceptors (Lipinski definition) is 5. The van der Waals surface area contributed by atoms with E-state index in [1.807, 2.05) is 6.07 Å². The average Bonchev–Trinajstić information content (AvgIpc) is 3.49. The number of rotatable bonds is 8. The van der Waals surface area contributed by atoms with Crippen molar-refractivity contribution in [2.24, 2.45) is 5.92 Å². The van der Waals surface area contributed by atoms with Crippen molar-refractivity contribution >= 4 is 22.8 Å². The van der Waals surface area contributed by atoms with Gasteiger partial charge in [0.05, 0.1) is 0 Å². The lowest BCUT2D eigenvalue weighted by Crippen LogP contribution is -2.52. The molecular formula is C25H35N7O. The van der Waals surface area contributed by atoms with Crippen molar-refractivity contribution < 1.29 is 4.79 Å². The molecule has 2 bridgehead atoms. The monoisotopic (exact) mass is 449 g/mol. The first-order valence-electron chi connectivity index (χ1n) is 12.2. The third-order valence-electron chi connectivity index (χ3n) is 7.39. The van der Waals surface area contributed by atoms with Crippen LogP contribution in [0, 0.1) is 5.92 Å². The van der Waals surface area contributed by atoms with Crippen molar-refractivity contribution in [2.45, 2.75) is 64.1 Å². The first kappa shape index (κ1) is 21.9. The van der Waals surface area contributed by atoms with Crippen LogP contribution < -0.4 is 10.2 Å². The Morgan fingerprint density at radius 2 is 1.94 bits per heavy atom. The summed E-state index contributed by atoms with van der Waals surface area (Å²) in [7, 11) is 2.21. The fourth-order valence-electron chi connectivity index (χ4n) is 5.35. The Kier molecular flexibility index (Phi) is 6.10. The second-order valence-electron chi connectivity index (χ2n) is 10.1. The molecule has 2 saturated heterocycles. The first-order chi connectivity index (χ1) is 16.0. The number of hydrogen-bond donors (Lipinski definition) is 3. The van der Waals surface area contributed by atoms with Crippen molar-refractivity contribution in [3.05, 3.63) is 41.9 Å². The zero-order valence-electron chi connectivity index (χ0n) is 19.8. The van der Waals surface area contributed by atoms with E-state index in [0.29, 0.717) is 29.8 Å². The Bertz CT molecular complexity index is 1090. The maximum absolute atomic E-state index is 13.1. The van der Waals surface area contributed by atoms with E-state index in [1.54, 1.807) is 0 Å². The fraction of sp³-hybridized carbons (Fsp3) is 0.560. The second kappa shape index (κ2) is 9.17. The molecule has 1 amide bonds. The molecule has 8 heteroatoms. The number of benzene rings is 1. The predicted molar refractivity (Wildman–Crippen MR) is 130 cm³/mol. The Labute approximate surface area is 195 Å². The number of piperazine rings is 1. The summed E-state index contributed by atoms with van der Waals surface area (Å²) in [6, 6.07) is 9.45. The van der Waals surface area contributed by atoms with Crippen LogP contribution in [0.2, 0.25) is 0 Å². The van der Waals surface area contributed by atoms with Crippen molar-refractivity contribution in [1.82, 2.24) is 30.4 Å². The molecule has 0 saturated carbocycles. The number of aromatic nitrogens is 4. The third kappa shape index (κ3) is 4.62. The number of anilines is 1. The Hall–Kier alpha value is -2.87. The molecule has 2 aromatic heterocycles. The molecule has 5 rings (SSSR count). The molecule has 3 aromatic rings. The van der Waals surface area contributed by atoms with Crippen molar-refractivity contribution in [1.29, 1.82) is 0 Å². The van der Waals surface area contributed by atoms with Gasteiger partial charge >= 0.3 is 0 Å². The van der Waals surface area contributed by atoms with Gasteiger partial charge in [0.25, 0.3) is 5.91 Å². The number of aromatic amines is 2. The number of nitrogens with zero attached hydrogens (tertiary/aromatic N) is 4. The summed E-state index contributed by atoms with van der Waals surface area (Å²) in [5.74, 6) is 1.33. The maximum atomic E-state index is 13.1. The predicted octanol–water partition coefficient (Wildman–Crippen LogP) is 3.35. The fourth-order valence-corrected chi connectivity index (χ4v) is 5.35. The van der Waals surface area contributed by atoms with E-state index in [2.05, 4.69) is 80.6 Å². The van der Waals surface area contributed by atoms with E-state index in [-0.39, 0.29) is 11.9 Å². The topological polar surface area (TPSA) is 92.9 Å².